The first-order valence-corrected chi connectivity index (χ1v) is 4.67. The van der Waals surface area contributed by atoms with Crippen LogP contribution in [0.2, 0.25) is 0 Å². The maximum atomic E-state index is 13.1. The van der Waals surface area contributed by atoms with Crippen LogP contribution in [-0.4, -0.2) is 10.8 Å². The van der Waals surface area contributed by atoms with Crippen molar-refractivity contribution in [2.45, 2.75) is 0 Å². The fourth-order valence-electron chi connectivity index (χ4n) is 1.88. The summed E-state index contributed by atoms with van der Waals surface area (Å²) in [6.07, 6.45) is 1.52. The van der Waals surface area contributed by atoms with Crippen LogP contribution in [0.15, 0.2) is 30.5 Å². The van der Waals surface area contributed by atoms with Crippen molar-refractivity contribution in [3.63, 3.8) is 0 Å². The third kappa shape index (κ3) is 1.04. The Hall–Kier alpha value is -2.10. The molecular formula is C12H5F2NO. The first-order valence-electron chi connectivity index (χ1n) is 4.67. The maximum absolute atomic E-state index is 13.1. The molecular weight excluding hydrogens is 212 g/mol. The van der Waals surface area contributed by atoms with Crippen LogP contribution < -0.4 is 0 Å². The Kier molecular flexibility index (Phi) is 1.68. The van der Waals surface area contributed by atoms with Crippen molar-refractivity contribution in [3.05, 3.63) is 53.2 Å². The molecule has 0 amide bonds. The van der Waals surface area contributed by atoms with Crippen molar-refractivity contribution in [3.8, 4) is 11.3 Å². The highest BCUT2D eigenvalue weighted by Crippen LogP contribution is 2.35. The number of nitrogens with zero attached hydrogens (tertiary/aromatic N) is 1. The third-order valence-corrected chi connectivity index (χ3v) is 2.61. The Morgan fingerprint density at radius 3 is 2.44 bits per heavy atom. The minimum Gasteiger partial charge on any atom is -0.289 e. The van der Waals surface area contributed by atoms with E-state index in [1.54, 1.807) is 12.1 Å². The summed E-state index contributed by atoms with van der Waals surface area (Å²) in [5.74, 6) is -2.29. The topological polar surface area (TPSA) is 30.0 Å². The van der Waals surface area contributed by atoms with Crippen molar-refractivity contribution in [2.75, 3.05) is 0 Å². The minimum atomic E-state index is -1.01. The SMILES string of the molecule is O=C1c2cc(F)c(F)cc2-c2ncccc21. The lowest BCUT2D eigenvalue weighted by atomic mass is 10.1. The van der Waals surface area contributed by atoms with Gasteiger partial charge in [0.1, 0.15) is 0 Å². The van der Waals surface area contributed by atoms with Crippen molar-refractivity contribution in [1.82, 2.24) is 4.98 Å². The molecule has 0 atom stereocenters. The van der Waals surface area contributed by atoms with Crippen LogP contribution in [0.3, 0.4) is 0 Å². The molecule has 78 valence electrons. The summed E-state index contributed by atoms with van der Waals surface area (Å²) >= 11 is 0. The number of hydrogen-bond acceptors (Lipinski definition) is 2. The average Bonchev–Trinajstić information content (AvgIpc) is 2.55. The van der Waals surface area contributed by atoms with E-state index in [9.17, 15) is 13.6 Å². The molecule has 1 aliphatic carbocycles. The van der Waals surface area contributed by atoms with Crippen molar-refractivity contribution < 1.29 is 13.6 Å². The lowest BCUT2D eigenvalue weighted by Crippen LogP contribution is -1.96. The zero-order valence-corrected chi connectivity index (χ0v) is 8.00. The zero-order valence-electron chi connectivity index (χ0n) is 8.00. The summed E-state index contributed by atoms with van der Waals surface area (Å²) in [5, 5.41) is 0. The van der Waals surface area contributed by atoms with Crippen molar-refractivity contribution in [1.29, 1.82) is 0 Å². The van der Waals surface area contributed by atoms with Gasteiger partial charge >= 0.3 is 0 Å². The monoisotopic (exact) mass is 217 g/mol. The Balaban J connectivity index is 2.38. The molecule has 0 radical (unpaired) electrons. The molecule has 0 saturated heterocycles. The summed E-state index contributed by atoms with van der Waals surface area (Å²) in [4.78, 5) is 15.8. The number of carbonyl (C=O) groups is 1. The summed E-state index contributed by atoms with van der Waals surface area (Å²) in [5.41, 5.74) is 1.34. The van der Waals surface area contributed by atoms with Gasteiger partial charge in [0.25, 0.3) is 0 Å². The molecule has 16 heavy (non-hydrogen) atoms. The van der Waals surface area contributed by atoms with Crippen LogP contribution in [0, 0.1) is 11.6 Å². The van der Waals surface area contributed by atoms with Gasteiger partial charge in [-0.3, -0.25) is 9.78 Å². The quantitative estimate of drug-likeness (QED) is 0.579. The highest BCUT2D eigenvalue weighted by Gasteiger charge is 2.29. The summed E-state index contributed by atoms with van der Waals surface area (Å²) in [7, 11) is 0. The Bertz CT molecular complexity index is 622. The highest BCUT2D eigenvalue weighted by atomic mass is 19.2. The number of pyridine rings is 1. The number of ketones is 1. The number of halogens is 2. The fraction of sp³-hybridized carbons (Fsp3) is 0. The average molecular weight is 217 g/mol. The van der Waals surface area contributed by atoms with Gasteiger partial charge in [0.15, 0.2) is 17.4 Å². The van der Waals surface area contributed by atoms with E-state index in [1.807, 2.05) is 0 Å². The fourth-order valence-corrected chi connectivity index (χ4v) is 1.88. The molecule has 0 aliphatic heterocycles. The first-order chi connectivity index (χ1) is 7.68. The van der Waals surface area contributed by atoms with Gasteiger partial charge in [-0.15, -0.1) is 0 Å². The molecule has 0 spiro atoms. The molecule has 1 aromatic carbocycles. The molecule has 0 unspecified atom stereocenters. The summed E-state index contributed by atoms with van der Waals surface area (Å²) in [6.45, 7) is 0. The van der Waals surface area contributed by atoms with Gasteiger partial charge in [-0.25, -0.2) is 8.78 Å². The molecule has 0 fully saturated rings. The van der Waals surface area contributed by atoms with E-state index in [1.165, 1.54) is 6.20 Å². The van der Waals surface area contributed by atoms with Crippen LogP contribution >= 0.6 is 0 Å². The van der Waals surface area contributed by atoms with Crippen LogP contribution in [0.1, 0.15) is 15.9 Å². The highest BCUT2D eigenvalue weighted by molar-refractivity contribution is 6.20. The van der Waals surface area contributed by atoms with E-state index in [0.717, 1.165) is 12.1 Å². The Morgan fingerprint density at radius 1 is 1.00 bits per heavy atom. The van der Waals surface area contributed by atoms with Crippen molar-refractivity contribution in [2.24, 2.45) is 0 Å². The van der Waals surface area contributed by atoms with E-state index in [0.29, 0.717) is 16.8 Å². The number of aromatic nitrogens is 1. The van der Waals surface area contributed by atoms with Gasteiger partial charge in [0, 0.05) is 22.9 Å². The summed E-state index contributed by atoms with van der Waals surface area (Å²) < 4.78 is 26.1. The van der Waals surface area contributed by atoms with Gasteiger partial charge in [0.05, 0.1) is 5.69 Å². The second-order valence-electron chi connectivity index (χ2n) is 3.54. The van der Waals surface area contributed by atoms with E-state index in [4.69, 9.17) is 0 Å². The molecule has 0 N–H and O–H groups in total. The van der Waals surface area contributed by atoms with E-state index in [-0.39, 0.29) is 11.3 Å². The molecule has 3 rings (SSSR count). The van der Waals surface area contributed by atoms with Gasteiger partial charge in [-0.05, 0) is 24.3 Å². The second kappa shape index (κ2) is 2.95. The summed E-state index contributed by atoms with van der Waals surface area (Å²) in [6, 6.07) is 5.16. The van der Waals surface area contributed by atoms with E-state index < -0.39 is 11.6 Å². The van der Waals surface area contributed by atoms with Crippen molar-refractivity contribution >= 4 is 5.78 Å². The van der Waals surface area contributed by atoms with Crippen LogP contribution in [0.25, 0.3) is 11.3 Å². The van der Waals surface area contributed by atoms with E-state index >= 15 is 0 Å². The lowest BCUT2D eigenvalue weighted by Gasteiger charge is -1.99. The predicted molar refractivity (Wildman–Crippen MR) is 53.0 cm³/mol. The van der Waals surface area contributed by atoms with Crippen LogP contribution in [0.4, 0.5) is 8.78 Å². The molecule has 2 nitrogen and oxygen atoms in total. The molecule has 2 aromatic rings. The van der Waals surface area contributed by atoms with Gasteiger partial charge < -0.3 is 0 Å². The Labute approximate surface area is 89.6 Å². The van der Waals surface area contributed by atoms with Gasteiger partial charge in [-0.1, -0.05) is 0 Å². The molecule has 0 saturated carbocycles. The van der Waals surface area contributed by atoms with Crippen LogP contribution in [0.5, 0.6) is 0 Å². The lowest BCUT2D eigenvalue weighted by molar-refractivity contribution is 0.104. The first kappa shape index (κ1) is 9.15. The molecule has 1 aromatic heterocycles. The Morgan fingerprint density at radius 2 is 1.69 bits per heavy atom. The number of hydrogen-bond donors (Lipinski definition) is 0. The van der Waals surface area contributed by atoms with E-state index in [2.05, 4.69) is 4.98 Å². The van der Waals surface area contributed by atoms with Crippen LogP contribution in [-0.2, 0) is 0 Å². The predicted octanol–water partition coefficient (Wildman–Crippen LogP) is 2.57. The number of benzene rings is 1. The molecule has 0 bridgehead atoms. The number of rotatable bonds is 0. The third-order valence-electron chi connectivity index (χ3n) is 2.61. The standard InChI is InChI=1S/C12H5F2NO/c13-9-4-7-8(5-10(9)14)12(16)6-2-1-3-15-11(6)7/h1-5H. The smallest absolute Gasteiger partial charge is 0.196 e. The number of fused-ring (bicyclic) bond motifs is 3. The molecule has 1 aliphatic rings. The minimum absolute atomic E-state index is 0.174. The number of carbonyl (C=O) groups excluding carboxylic acids is 1. The van der Waals surface area contributed by atoms with Gasteiger partial charge in [0.2, 0.25) is 0 Å². The maximum Gasteiger partial charge on any atom is 0.196 e. The molecule has 1 heterocycles. The van der Waals surface area contributed by atoms with Gasteiger partial charge in [-0.2, -0.15) is 0 Å². The zero-order chi connectivity index (χ0) is 11.3. The molecule has 4 heteroatoms. The normalized spacial score (nSPS) is 12.5. The largest absolute Gasteiger partial charge is 0.289 e. The second-order valence-corrected chi connectivity index (χ2v) is 3.54.